The molecular formula is C10H9BrN4O2. The lowest BCUT2D eigenvalue weighted by Crippen LogP contribution is -2.08. The maximum atomic E-state index is 11.5. The lowest BCUT2D eigenvalue weighted by atomic mass is 10.2. The summed E-state index contributed by atoms with van der Waals surface area (Å²) in [5, 5.41) is 4.06. The molecule has 0 aliphatic carbocycles. The third kappa shape index (κ3) is 2.28. The number of halogens is 1. The van der Waals surface area contributed by atoms with Crippen LogP contribution >= 0.6 is 15.9 Å². The Morgan fingerprint density at radius 2 is 2.29 bits per heavy atom. The Bertz CT molecular complexity index is 567. The monoisotopic (exact) mass is 296 g/mol. The molecule has 0 aliphatic rings. The molecule has 0 saturated carbocycles. The third-order valence-electron chi connectivity index (χ3n) is 2.11. The van der Waals surface area contributed by atoms with Crippen molar-refractivity contribution < 1.29 is 9.53 Å². The van der Waals surface area contributed by atoms with Gasteiger partial charge in [0.05, 0.1) is 35.2 Å². The van der Waals surface area contributed by atoms with Crippen molar-refractivity contribution in [3.05, 3.63) is 34.7 Å². The van der Waals surface area contributed by atoms with Gasteiger partial charge in [-0.1, -0.05) is 0 Å². The van der Waals surface area contributed by atoms with Crippen molar-refractivity contribution in [3.8, 4) is 5.82 Å². The van der Waals surface area contributed by atoms with Crippen molar-refractivity contribution in [1.29, 1.82) is 0 Å². The molecule has 0 bridgehead atoms. The standard InChI is InChI=1S/C10H9BrN4O2/c1-17-10(16)7-2-9(13-4-8(7)12)15-5-6(11)3-14-15/h2-5H,12H2,1H3. The van der Waals surface area contributed by atoms with E-state index in [9.17, 15) is 4.79 Å². The fourth-order valence-electron chi connectivity index (χ4n) is 1.29. The van der Waals surface area contributed by atoms with E-state index in [0.29, 0.717) is 5.82 Å². The highest BCUT2D eigenvalue weighted by Gasteiger charge is 2.12. The highest BCUT2D eigenvalue weighted by Crippen LogP contribution is 2.16. The summed E-state index contributed by atoms with van der Waals surface area (Å²) < 4.78 is 6.97. The summed E-state index contributed by atoms with van der Waals surface area (Å²) in [6.07, 6.45) is 4.74. The molecule has 0 spiro atoms. The van der Waals surface area contributed by atoms with Gasteiger partial charge >= 0.3 is 5.97 Å². The summed E-state index contributed by atoms with van der Waals surface area (Å²) in [6.45, 7) is 0. The van der Waals surface area contributed by atoms with E-state index in [1.54, 1.807) is 12.4 Å². The molecule has 7 heteroatoms. The quantitative estimate of drug-likeness (QED) is 0.847. The molecule has 2 rings (SSSR count). The van der Waals surface area contributed by atoms with Gasteiger partial charge in [0.1, 0.15) is 0 Å². The first-order chi connectivity index (χ1) is 8.11. The van der Waals surface area contributed by atoms with Crippen LogP contribution in [0.2, 0.25) is 0 Å². The van der Waals surface area contributed by atoms with E-state index in [1.165, 1.54) is 24.1 Å². The zero-order valence-corrected chi connectivity index (χ0v) is 10.5. The first-order valence-electron chi connectivity index (χ1n) is 4.66. The first kappa shape index (κ1) is 11.6. The van der Waals surface area contributed by atoms with Gasteiger partial charge in [-0.15, -0.1) is 0 Å². The van der Waals surface area contributed by atoms with E-state index in [2.05, 4.69) is 30.7 Å². The SMILES string of the molecule is COC(=O)c1cc(-n2cc(Br)cn2)ncc1N. The van der Waals surface area contributed by atoms with Crippen LogP contribution in [-0.2, 0) is 4.74 Å². The number of hydrogen-bond donors (Lipinski definition) is 1. The minimum Gasteiger partial charge on any atom is -0.465 e. The zero-order chi connectivity index (χ0) is 12.4. The van der Waals surface area contributed by atoms with Crippen LogP contribution in [0.5, 0.6) is 0 Å². The molecule has 2 N–H and O–H groups in total. The van der Waals surface area contributed by atoms with Crippen LogP contribution in [0, 0.1) is 0 Å². The van der Waals surface area contributed by atoms with Crippen LogP contribution in [0.1, 0.15) is 10.4 Å². The predicted octanol–water partition coefficient (Wildman–Crippen LogP) is 1.40. The van der Waals surface area contributed by atoms with Gasteiger partial charge in [0.15, 0.2) is 5.82 Å². The van der Waals surface area contributed by atoms with Crippen molar-refractivity contribution in [2.24, 2.45) is 0 Å². The fourth-order valence-corrected chi connectivity index (χ4v) is 1.58. The number of carbonyl (C=O) groups excluding carboxylic acids is 1. The lowest BCUT2D eigenvalue weighted by molar-refractivity contribution is 0.0602. The number of anilines is 1. The fraction of sp³-hybridized carbons (Fsp3) is 0.100. The minimum absolute atomic E-state index is 0.268. The second-order valence-corrected chi connectivity index (χ2v) is 4.14. The number of ether oxygens (including phenoxy) is 1. The molecule has 0 atom stereocenters. The molecule has 0 amide bonds. The number of aromatic nitrogens is 3. The van der Waals surface area contributed by atoms with E-state index in [1.807, 2.05) is 0 Å². The van der Waals surface area contributed by atoms with Gasteiger partial charge in [-0.05, 0) is 22.0 Å². The summed E-state index contributed by atoms with van der Waals surface area (Å²) in [4.78, 5) is 15.5. The first-order valence-corrected chi connectivity index (χ1v) is 5.45. The molecular weight excluding hydrogens is 288 g/mol. The van der Waals surface area contributed by atoms with Gasteiger partial charge in [0, 0.05) is 6.20 Å². The smallest absolute Gasteiger partial charge is 0.340 e. The number of methoxy groups -OCH3 is 1. The summed E-state index contributed by atoms with van der Waals surface area (Å²) in [7, 11) is 1.30. The van der Waals surface area contributed by atoms with E-state index in [0.717, 1.165) is 4.47 Å². The molecule has 0 aliphatic heterocycles. The maximum absolute atomic E-state index is 11.5. The number of hydrogen-bond acceptors (Lipinski definition) is 5. The number of nitrogens with zero attached hydrogens (tertiary/aromatic N) is 3. The maximum Gasteiger partial charge on any atom is 0.340 e. The number of nitrogen functional groups attached to an aromatic ring is 1. The number of esters is 1. The molecule has 2 aromatic rings. The molecule has 2 aromatic heterocycles. The second-order valence-electron chi connectivity index (χ2n) is 3.22. The number of rotatable bonds is 2. The summed E-state index contributed by atoms with van der Waals surface area (Å²) >= 11 is 3.28. The van der Waals surface area contributed by atoms with Gasteiger partial charge in [0.2, 0.25) is 0 Å². The predicted molar refractivity (Wildman–Crippen MR) is 64.8 cm³/mol. The van der Waals surface area contributed by atoms with Gasteiger partial charge in [-0.25, -0.2) is 14.5 Å². The minimum atomic E-state index is -0.502. The van der Waals surface area contributed by atoms with E-state index in [-0.39, 0.29) is 11.3 Å². The average molecular weight is 297 g/mol. The van der Waals surface area contributed by atoms with Crippen LogP contribution in [-0.4, -0.2) is 27.8 Å². The lowest BCUT2D eigenvalue weighted by Gasteiger charge is -2.05. The highest BCUT2D eigenvalue weighted by molar-refractivity contribution is 9.10. The molecule has 17 heavy (non-hydrogen) atoms. The van der Waals surface area contributed by atoms with Gasteiger partial charge in [0.25, 0.3) is 0 Å². The Morgan fingerprint density at radius 1 is 1.53 bits per heavy atom. The van der Waals surface area contributed by atoms with Gasteiger partial charge in [-0.2, -0.15) is 5.10 Å². The van der Waals surface area contributed by atoms with Crippen LogP contribution in [0.4, 0.5) is 5.69 Å². The van der Waals surface area contributed by atoms with Crippen molar-refractivity contribution in [2.45, 2.75) is 0 Å². The van der Waals surface area contributed by atoms with Crippen LogP contribution < -0.4 is 5.73 Å². The number of carbonyl (C=O) groups is 1. The van der Waals surface area contributed by atoms with E-state index in [4.69, 9.17) is 5.73 Å². The van der Waals surface area contributed by atoms with Crippen LogP contribution in [0.15, 0.2) is 29.1 Å². The molecule has 0 fully saturated rings. The van der Waals surface area contributed by atoms with Gasteiger partial charge < -0.3 is 10.5 Å². The number of pyridine rings is 1. The molecule has 6 nitrogen and oxygen atoms in total. The third-order valence-corrected chi connectivity index (χ3v) is 2.52. The van der Waals surface area contributed by atoms with Crippen LogP contribution in [0.3, 0.4) is 0 Å². The Morgan fingerprint density at radius 3 is 2.88 bits per heavy atom. The van der Waals surface area contributed by atoms with Crippen molar-refractivity contribution in [2.75, 3.05) is 12.8 Å². The van der Waals surface area contributed by atoms with Crippen molar-refractivity contribution >= 4 is 27.6 Å². The Hall–Kier alpha value is -1.89. The molecule has 0 unspecified atom stereocenters. The molecule has 0 aromatic carbocycles. The average Bonchev–Trinajstić information content (AvgIpc) is 2.75. The van der Waals surface area contributed by atoms with E-state index >= 15 is 0 Å². The molecule has 88 valence electrons. The summed E-state index contributed by atoms with van der Waals surface area (Å²) in [5.74, 6) is -0.0114. The van der Waals surface area contributed by atoms with E-state index < -0.39 is 5.97 Å². The summed E-state index contributed by atoms with van der Waals surface area (Å²) in [5.41, 5.74) is 6.18. The van der Waals surface area contributed by atoms with Crippen molar-refractivity contribution in [1.82, 2.24) is 14.8 Å². The highest BCUT2D eigenvalue weighted by atomic mass is 79.9. The van der Waals surface area contributed by atoms with Gasteiger partial charge in [-0.3, -0.25) is 0 Å². The zero-order valence-electron chi connectivity index (χ0n) is 8.92. The second kappa shape index (κ2) is 4.54. The Labute approximate surface area is 106 Å². The Balaban J connectivity index is 2.47. The van der Waals surface area contributed by atoms with Crippen molar-refractivity contribution in [3.63, 3.8) is 0 Å². The van der Waals surface area contributed by atoms with Crippen LogP contribution in [0.25, 0.3) is 5.82 Å². The largest absolute Gasteiger partial charge is 0.465 e. The molecule has 0 radical (unpaired) electrons. The summed E-state index contributed by atoms with van der Waals surface area (Å²) in [6, 6.07) is 1.53. The molecule has 0 saturated heterocycles. The molecule has 2 heterocycles. The normalized spacial score (nSPS) is 10.2. The number of nitrogens with two attached hydrogens (primary N) is 1. The Kier molecular flexibility index (Phi) is 3.10. The topological polar surface area (TPSA) is 83.0 Å².